The highest BCUT2D eigenvalue weighted by molar-refractivity contribution is 5.30. The Balaban J connectivity index is 0.00000200. The third kappa shape index (κ3) is 2.83. The summed E-state index contributed by atoms with van der Waals surface area (Å²) in [4.78, 5) is 15.7. The number of anilines is 1. The molecule has 0 spiro atoms. The van der Waals surface area contributed by atoms with Crippen molar-refractivity contribution in [2.45, 2.75) is 32.0 Å². The molecule has 1 aliphatic rings. The van der Waals surface area contributed by atoms with E-state index in [0.29, 0.717) is 5.82 Å². The van der Waals surface area contributed by atoms with E-state index in [1.807, 2.05) is 0 Å². The summed E-state index contributed by atoms with van der Waals surface area (Å²) in [6, 6.07) is 1.61. The van der Waals surface area contributed by atoms with Crippen LogP contribution in [0.3, 0.4) is 0 Å². The van der Waals surface area contributed by atoms with Crippen molar-refractivity contribution >= 4 is 5.82 Å². The molecule has 2 heterocycles. The summed E-state index contributed by atoms with van der Waals surface area (Å²) in [6.45, 7) is -0.353. The van der Waals surface area contributed by atoms with Crippen molar-refractivity contribution in [3.63, 3.8) is 0 Å². The summed E-state index contributed by atoms with van der Waals surface area (Å²) >= 11 is 0. The van der Waals surface area contributed by atoms with Crippen molar-refractivity contribution < 1.29 is 19.7 Å². The van der Waals surface area contributed by atoms with E-state index in [4.69, 9.17) is 14.6 Å². The van der Waals surface area contributed by atoms with Gasteiger partial charge in [0.05, 0.1) is 6.61 Å². The monoisotopic (exact) mass is 287 g/mol. The topological polar surface area (TPSA) is 106 Å². The maximum Gasteiger partial charge on any atom is 0.351 e. The van der Waals surface area contributed by atoms with Crippen LogP contribution < -0.4 is 11.0 Å². The van der Waals surface area contributed by atoms with E-state index in [0.717, 1.165) is 0 Å². The first kappa shape index (κ1) is 16.6. The molecule has 20 heavy (non-hydrogen) atoms. The van der Waals surface area contributed by atoms with Crippen LogP contribution in [0, 0.1) is 0 Å². The molecule has 8 heteroatoms. The molecule has 1 fully saturated rings. The van der Waals surface area contributed by atoms with Gasteiger partial charge in [0.2, 0.25) is 0 Å². The fraction of sp³-hybridized carbons (Fsp3) is 0.667. The minimum absolute atomic E-state index is 0. The van der Waals surface area contributed by atoms with Crippen LogP contribution in [0.4, 0.5) is 5.82 Å². The average molecular weight is 287 g/mol. The van der Waals surface area contributed by atoms with Crippen LogP contribution in [0.25, 0.3) is 0 Å². The van der Waals surface area contributed by atoms with Gasteiger partial charge in [-0.25, -0.2) is 4.79 Å². The molecule has 1 aromatic rings. The summed E-state index contributed by atoms with van der Waals surface area (Å²) in [7, 11) is 3.06. The molecule has 0 saturated carbocycles. The Morgan fingerprint density at radius 1 is 1.60 bits per heavy atom. The SMILES string of the molecule is C.CNc1ccn([C@@H]2O[C@H](CO)[C@H](O)C2OC)c(=O)n1. The lowest BCUT2D eigenvalue weighted by Gasteiger charge is -2.20. The molecule has 1 aliphatic heterocycles. The molecule has 0 amide bonds. The van der Waals surface area contributed by atoms with E-state index in [-0.39, 0.29) is 14.0 Å². The normalized spacial score (nSPS) is 29.0. The number of aliphatic hydroxyl groups excluding tert-OH is 2. The van der Waals surface area contributed by atoms with Crippen LogP contribution in [0.2, 0.25) is 0 Å². The van der Waals surface area contributed by atoms with Crippen molar-refractivity contribution in [3.05, 3.63) is 22.7 Å². The number of rotatable bonds is 4. The Kier molecular flexibility index (Phi) is 5.63. The van der Waals surface area contributed by atoms with Crippen LogP contribution in [0.15, 0.2) is 17.1 Å². The quantitative estimate of drug-likeness (QED) is 0.665. The first-order chi connectivity index (χ1) is 9.12. The first-order valence-corrected chi connectivity index (χ1v) is 5.86. The minimum atomic E-state index is -1.00. The Morgan fingerprint density at radius 2 is 2.30 bits per heavy atom. The molecule has 1 saturated heterocycles. The van der Waals surface area contributed by atoms with Crippen LogP contribution >= 0.6 is 0 Å². The zero-order chi connectivity index (χ0) is 14.0. The van der Waals surface area contributed by atoms with Crippen LogP contribution in [0.5, 0.6) is 0 Å². The van der Waals surface area contributed by atoms with Gasteiger partial charge < -0.3 is 25.0 Å². The number of aliphatic hydroxyl groups is 2. The van der Waals surface area contributed by atoms with Gasteiger partial charge in [0.25, 0.3) is 0 Å². The predicted octanol–water partition coefficient (Wildman–Crippen LogP) is -0.813. The molecule has 0 aliphatic carbocycles. The van der Waals surface area contributed by atoms with E-state index in [1.54, 1.807) is 13.1 Å². The van der Waals surface area contributed by atoms with Gasteiger partial charge in [-0.3, -0.25) is 4.57 Å². The molecular formula is C12H21N3O5. The fourth-order valence-electron chi connectivity index (χ4n) is 2.09. The van der Waals surface area contributed by atoms with Crippen LogP contribution in [-0.4, -0.2) is 58.8 Å². The molecule has 0 bridgehead atoms. The second-order valence-electron chi connectivity index (χ2n) is 4.19. The van der Waals surface area contributed by atoms with Gasteiger partial charge >= 0.3 is 5.69 Å². The second kappa shape index (κ2) is 6.80. The lowest BCUT2D eigenvalue weighted by Crippen LogP contribution is -2.37. The maximum atomic E-state index is 11.9. The molecule has 3 N–H and O–H groups in total. The third-order valence-electron chi connectivity index (χ3n) is 3.13. The van der Waals surface area contributed by atoms with Gasteiger partial charge in [-0.2, -0.15) is 4.98 Å². The van der Waals surface area contributed by atoms with E-state index in [9.17, 15) is 9.90 Å². The zero-order valence-electron chi connectivity index (χ0n) is 10.7. The van der Waals surface area contributed by atoms with Crippen LogP contribution in [0.1, 0.15) is 13.7 Å². The van der Waals surface area contributed by atoms with Gasteiger partial charge in [0.15, 0.2) is 6.23 Å². The van der Waals surface area contributed by atoms with Gasteiger partial charge in [-0.15, -0.1) is 0 Å². The largest absolute Gasteiger partial charge is 0.394 e. The van der Waals surface area contributed by atoms with Gasteiger partial charge in [0, 0.05) is 20.4 Å². The average Bonchev–Trinajstić information content (AvgIpc) is 2.74. The number of ether oxygens (including phenoxy) is 2. The van der Waals surface area contributed by atoms with Crippen molar-refractivity contribution in [1.82, 2.24) is 9.55 Å². The first-order valence-electron chi connectivity index (χ1n) is 5.86. The summed E-state index contributed by atoms with van der Waals surface area (Å²) in [5.74, 6) is 0.437. The minimum Gasteiger partial charge on any atom is -0.394 e. The molecule has 4 atom stereocenters. The fourth-order valence-corrected chi connectivity index (χ4v) is 2.09. The lowest BCUT2D eigenvalue weighted by molar-refractivity contribution is -0.0624. The Hall–Kier alpha value is -1.48. The number of hydrogen-bond donors (Lipinski definition) is 3. The van der Waals surface area contributed by atoms with Crippen molar-refractivity contribution in [3.8, 4) is 0 Å². The maximum absolute atomic E-state index is 11.9. The summed E-state index contributed by atoms with van der Waals surface area (Å²) in [6.07, 6.45) is -1.84. The number of aromatic nitrogens is 2. The van der Waals surface area contributed by atoms with E-state index in [2.05, 4.69) is 10.3 Å². The molecule has 114 valence electrons. The highest BCUT2D eigenvalue weighted by atomic mass is 16.6. The Labute approximate surface area is 117 Å². The highest BCUT2D eigenvalue weighted by Crippen LogP contribution is 2.30. The van der Waals surface area contributed by atoms with E-state index >= 15 is 0 Å². The number of hydrogen-bond acceptors (Lipinski definition) is 7. The van der Waals surface area contributed by atoms with Crippen molar-refractivity contribution in [2.75, 3.05) is 26.1 Å². The van der Waals surface area contributed by atoms with Crippen molar-refractivity contribution in [1.29, 1.82) is 0 Å². The number of nitrogens with one attached hydrogen (secondary N) is 1. The highest BCUT2D eigenvalue weighted by Gasteiger charge is 2.45. The molecule has 0 aromatic carbocycles. The molecule has 0 radical (unpaired) electrons. The molecule has 2 rings (SSSR count). The Morgan fingerprint density at radius 3 is 2.80 bits per heavy atom. The third-order valence-corrected chi connectivity index (χ3v) is 3.13. The summed E-state index contributed by atoms with van der Waals surface area (Å²) < 4.78 is 11.8. The lowest BCUT2D eigenvalue weighted by atomic mass is 10.1. The summed E-state index contributed by atoms with van der Waals surface area (Å²) in [5.41, 5.74) is -0.523. The predicted molar refractivity (Wildman–Crippen MR) is 72.6 cm³/mol. The molecular weight excluding hydrogens is 266 g/mol. The van der Waals surface area contributed by atoms with E-state index < -0.39 is 30.2 Å². The van der Waals surface area contributed by atoms with E-state index in [1.165, 1.54) is 17.9 Å². The second-order valence-corrected chi connectivity index (χ2v) is 4.19. The van der Waals surface area contributed by atoms with Crippen molar-refractivity contribution in [2.24, 2.45) is 0 Å². The number of methoxy groups -OCH3 is 1. The van der Waals surface area contributed by atoms with Gasteiger partial charge in [-0.1, -0.05) is 7.43 Å². The van der Waals surface area contributed by atoms with Gasteiger partial charge in [-0.05, 0) is 6.07 Å². The zero-order valence-corrected chi connectivity index (χ0v) is 10.7. The Bertz CT molecular complexity index is 492. The summed E-state index contributed by atoms with van der Waals surface area (Å²) in [5, 5.41) is 21.8. The standard InChI is InChI=1S/C11H17N3O5.CH4/c1-12-7-3-4-14(11(17)13-7)10-9(18-2)8(16)6(5-15)19-10;/h3-4,6,8-10,15-16H,5H2,1-2H3,(H,12,13,17);1H4/t6-,8+,9?,10-;/m1./s1. The number of nitrogens with zero attached hydrogens (tertiary/aromatic N) is 2. The smallest absolute Gasteiger partial charge is 0.351 e. The molecule has 8 nitrogen and oxygen atoms in total. The molecule has 1 aromatic heterocycles. The molecule has 1 unspecified atom stereocenters. The van der Waals surface area contributed by atoms with Gasteiger partial charge in [0.1, 0.15) is 24.1 Å². The van der Waals surface area contributed by atoms with Crippen LogP contribution in [-0.2, 0) is 9.47 Å².